The Morgan fingerprint density at radius 1 is 1.30 bits per heavy atom. The molecule has 0 aliphatic carbocycles. The van der Waals surface area contributed by atoms with E-state index in [0.717, 1.165) is 0 Å². The van der Waals surface area contributed by atoms with Crippen molar-refractivity contribution in [1.29, 1.82) is 0 Å². The minimum absolute atomic E-state index is 0.0789. The van der Waals surface area contributed by atoms with Crippen LogP contribution in [0.3, 0.4) is 0 Å². The zero-order valence-electron chi connectivity index (χ0n) is 12.4. The van der Waals surface area contributed by atoms with Crippen molar-refractivity contribution >= 4 is 21.6 Å². The number of aliphatic hydroxyl groups excluding tert-OH is 1. The maximum absolute atomic E-state index is 14.4. The second-order valence-electron chi connectivity index (χ2n) is 5.93. The van der Waals surface area contributed by atoms with Gasteiger partial charge in [-0.2, -0.15) is 0 Å². The van der Waals surface area contributed by atoms with Crippen LogP contribution in [0.15, 0.2) is 18.2 Å². The van der Waals surface area contributed by atoms with E-state index in [-0.39, 0.29) is 30.6 Å². The molecule has 8 heteroatoms. The summed E-state index contributed by atoms with van der Waals surface area (Å²) in [7, 11) is -2.99. The van der Waals surface area contributed by atoms with Crippen molar-refractivity contribution in [2.24, 2.45) is 0 Å². The minimum Gasteiger partial charge on any atom is -0.441 e. The predicted molar refractivity (Wildman–Crippen MR) is 81.7 cm³/mol. The number of hydrogen-bond acceptors (Lipinski definition) is 5. The molecule has 0 aromatic heterocycles. The largest absolute Gasteiger partial charge is 0.441 e. The molecule has 2 aliphatic heterocycles. The smallest absolute Gasteiger partial charge is 0.414 e. The summed E-state index contributed by atoms with van der Waals surface area (Å²) in [6, 6.07) is 4.49. The molecule has 2 saturated heterocycles. The fourth-order valence-corrected chi connectivity index (χ4v) is 4.53. The molecule has 0 spiro atoms. The number of rotatable bonds is 3. The molecule has 2 fully saturated rings. The van der Waals surface area contributed by atoms with Gasteiger partial charge in [0.2, 0.25) is 0 Å². The molecule has 0 saturated carbocycles. The van der Waals surface area contributed by atoms with E-state index in [4.69, 9.17) is 9.84 Å². The number of carbonyl (C=O) groups is 1. The Balaban J connectivity index is 1.78. The van der Waals surface area contributed by atoms with Crippen LogP contribution in [0.1, 0.15) is 24.3 Å². The first kappa shape index (κ1) is 16.2. The number of ether oxygens (including phenoxy) is 1. The second kappa shape index (κ2) is 6.09. The number of benzene rings is 1. The molecular formula is C15H18FNO5S. The molecule has 0 bridgehead atoms. The lowest BCUT2D eigenvalue weighted by Gasteiger charge is -2.23. The van der Waals surface area contributed by atoms with Crippen LogP contribution in [-0.4, -0.2) is 50.4 Å². The number of nitrogens with zero attached hydrogens (tertiary/aromatic N) is 1. The maximum Gasteiger partial charge on any atom is 0.414 e. The summed E-state index contributed by atoms with van der Waals surface area (Å²) >= 11 is 0. The van der Waals surface area contributed by atoms with Gasteiger partial charge in [-0.15, -0.1) is 0 Å². The van der Waals surface area contributed by atoms with Gasteiger partial charge in [0.25, 0.3) is 0 Å². The number of carbonyl (C=O) groups excluding carboxylic acids is 1. The van der Waals surface area contributed by atoms with Crippen molar-refractivity contribution in [3.05, 3.63) is 29.6 Å². The van der Waals surface area contributed by atoms with Crippen molar-refractivity contribution in [2.45, 2.75) is 24.9 Å². The highest BCUT2D eigenvalue weighted by atomic mass is 32.2. The Labute approximate surface area is 133 Å². The van der Waals surface area contributed by atoms with Gasteiger partial charge in [-0.3, -0.25) is 4.90 Å². The van der Waals surface area contributed by atoms with Gasteiger partial charge in [0.05, 0.1) is 30.3 Å². The zero-order chi connectivity index (χ0) is 16.6. The van der Waals surface area contributed by atoms with Crippen LogP contribution >= 0.6 is 0 Å². The summed E-state index contributed by atoms with van der Waals surface area (Å²) < 4.78 is 42.3. The lowest BCUT2D eigenvalue weighted by Crippen LogP contribution is -2.26. The van der Waals surface area contributed by atoms with Crippen molar-refractivity contribution in [3.63, 3.8) is 0 Å². The monoisotopic (exact) mass is 343 g/mol. The van der Waals surface area contributed by atoms with E-state index in [1.165, 1.54) is 11.0 Å². The fraction of sp³-hybridized carbons (Fsp3) is 0.533. The molecule has 1 unspecified atom stereocenters. The van der Waals surface area contributed by atoms with Crippen LogP contribution in [0, 0.1) is 5.82 Å². The van der Waals surface area contributed by atoms with Crippen LogP contribution in [0.5, 0.6) is 0 Å². The Morgan fingerprint density at radius 3 is 2.57 bits per heavy atom. The number of cyclic esters (lactones) is 1. The third-order valence-electron chi connectivity index (χ3n) is 4.37. The van der Waals surface area contributed by atoms with Gasteiger partial charge in [0, 0.05) is 0 Å². The molecule has 2 aliphatic rings. The van der Waals surface area contributed by atoms with Gasteiger partial charge < -0.3 is 9.84 Å². The normalized spacial score (nSPS) is 24.7. The Hall–Kier alpha value is -1.67. The lowest BCUT2D eigenvalue weighted by atomic mass is 9.93. The lowest BCUT2D eigenvalue weighted by molar-refractivity contribution is 0.0963. The summed E-state index contributed by atoms with van der Waals surface area (Å²) in [6.45, 7) is -0.102. The molecule has 23 heavy (non-hydrogen) atoms. The highest BCUT2D eigenvalue weighted by molar-refractivity contribution is 7.91. The van der Waals surface area contributed by atoms with Crippen LogP contribution in [0.4, 0.5) is 14.9 Å². The van der Waals surface area contributed by atoms with Crippen molar-refractivity contribution in [2.75, 3.05) is 29.6 Å². The summed E-state index contributed by atoms with van der Waals surface area (Å²) in [5.41, 5.74) is 0.852. The Morgan fingerprint density at radius 2 is 2.00 bits per heavy atom. The quantitative estimate of drug-likeness (QED) is 0.898. The number of hydrogen-bond donors (Lipinski definition) is 1. The molecule has 1 aromatic rings. The van der Waals surface area contributed by atoms with E-state index >= 15 is 0 Å². The molecule has 3 rings (SSSR count). The number of sulfone groups is 1. The predicted octanol–water partition coefficient (Wildman–Crippen LogP) is 1.44. The molecule has 126 valence electrons. The van der Waals surface area contributed by atoms with Crippen LogP contribution < -0.4 is 4.90 Å². The summed E-state index contributed by atoms with van der Waals surface area (Å²) in [6.07, 6.45) is -0.387. The Bertz CT molecular complexity index is 707. The van der Waals surface area contributed by atoms with E-state index < -0.39 is 27.9 Å². The van der Waals surface area contributed by atoms with Crippen LogP contribution in [-0.2, 0) is 14.6 Å². The van der Waals surface area contributed by atoms with Gasteiger partial charge in [-0.05, 0) is 36.5 Å². The van der Waals surface area contributed by atoms with E-state index in [1.807, 2.05) is 0 Å². The van der Waals surface area contributed by atoms with Crippen LogP contribution in [0.25, 0.3) is 0 Å². The van der Waals surface area contributed by atoms with E-state index in [1.54, 1.807) is 12.1 Å². The average Bonchev–Trinajstić information content (AvgIpc) is 2.89. The first-order valence-corrected chi connectivity index (χ1v) is 9.30. The SMILES string of the molecule is O=C1OC(CO)CN1c1ccc(C2CCS(=O)(=O)CC2)c(F)c1. The first-order valence-electron chi connectivity index (χ1n) is 7.48. The van der Waals surface area contributed by atoms with E-state index in [2.05, 4.69) is 0 Å². The van der Waals surface area contributed by atoms with E-state index in [9.17, 15) is 17.6 Å². The minimum atomic E-state index is -2.99. The number of halogens is 1. The van der Waals surface area contributed by atoms with Gasteiger partial charge in [-0.1, -0.05) is 6.07 Å². The third-order valence-corrected chi connectivity index (χ3v) is 6.08. The second-order valence-corrected chi connectivity index (χ2v) is 8.23. The Kier molecular flexibility index (Phi) is 4.29. The van der Waals surface area contributed by atoms with E-state index in [0.29, 0.717) is 24.1 Å². The van der Waals surface area contributed by atoms with Gasteiger partial charge in [-0.25, -0.2) is 17.6 Å². The highest BCUT2D eigenvalue weighted by Gasteiger charge is 2.33. The molecule has 2 heterocycles. The third kappa shape index (κ3) is 3.32. The van der Waals surface area contributed by atoms with Gasteiger partial charge in [0.15, 0.2) is 0 Å². The molecular weight excluding hydrogens is 325 g/mol. The molecule has 0 radical (unpaired) electrons. The standard InChI is InChI=1S/C15H18FNO5S/c16-14-7-11(17-8-12(9-18)22-15(17)19)1-2-13(14)10-3-5-23(20,21)6-4-10/h1-2,7,10,12,18H,3-6,8-9H2. The zero-order valence-corrected chi connectivity index (χ0v) is 13.3. The fourth-order valence-electron chi connectivity index (χ4n) is 3.04. The summed E-state index contributed by atoms with van der Waals surface area (Å²) in [4.78, 5) is 13.0. The number of amides is 1. The van der Waals surface area contributed by atoms with Gasteiger partial charge >= 0.3 is 6.09 Å². The summed E-state index contributed by atoms with van der Waals surface area (Å²) in [5.74, 6) is -0.416. The van der Waals surface area contributed by atoms with Crippen molar-refractivity contribution < 1.29 is 27.4 Å². The van der Waals surface area contributed by atoms with Crippen molar-refractivity contribution in [3.8, 4) is 0 Å². The van der Waals surface area contributed by atoms with Crippen LogP contribution in [0.2, 0.25) is 0 Å². The number of anilines is 1. The summed E-state index contributed by atoms with van der Waals surface area (Å²) in [5, 5.41) is 9.03. The van der Waals surface area contributed by atoms with Crippen molar-refractivity contribution in [1.82, 2.24) is 0 Å². The molecule has 1 atom stereocenters. The first-order chi connectivity index (χ1) is 10.9. The topological polar surface area (TPSA) is 83.9 Å². The molecule has 1 aromatic carbocycles. The average molecular weight is 343 g/mol. The molecule has 6 nitrogen and oxygen atoms in total. The molecule has 1 N–H and O–H groups in total. The highest BCUT2D eigenvalue weighted by Crippen LogP contribution is 2.33. The van der Waals surface area contributed by atoms with Gasteiger partial charge in [0.1, 0.15) is 21.8 Å². The molecule has 1 amide bonds. The maximum atomic E-state index is 14.4. The number of aliphatic hydroxyl groups is 1.